The van der Waals surface area contributed by atoms with Gasteiger partial charge in [0.15, 0.2) is 0 Å². The van der Waals surface area contributed by atoms with Crippen molar-refractivity contribution in [3.8, 4) is 11.8 Å². The Morgan fingerprint density at radius 3 is 2.96 bits per heavy atom. The molecule has 1 unspecified atom stereocenters. The lowest BCUT2D eigenvalue weighted by Gasteiger charge is -2.13. The molecule has 0 amide bonds. The van der Waals surface area contributed by atoms with E-state index in [2.05, 4.69) is 32.0 Å². The number of aromatic nitrogens is 2. The second-order valence-corrected chi connectivity index (χ2v) is 5.79. The van der Waals surface area contributed by atoms with Gasteiger partial charge in [0.25, 0.3) is 0 Å². The van der Waals surface area contributed by atoms with Crippen LogP contribution in [0.2, 0.25) is 0 Å². The van der Waals surface area contributed by atoms with Crippen LogP contribution in [0.25, 0.3) is 0 Å². The normalized spacial score (nSPS) is 16.5. The minimum atomic E-state index is 0.228. The molecule has 1 aromatic heterocycles. The van der Waals surface area contributed by atoms with Crippen LogP contribution in [0.3, 0.4) is 0 Å². The van der Waals surface area contributed by atoms with E-state index in [1.807, 2.05) is 12.1 Å². The van der Waals surface area contributed by atoms with E-state index in [1.165, 1.54) is 6.20 Å². The van der Waals surface area contributed by atoms with Crippen LogP contribution in [0.15, 0.2) is 30.5 Å². The summed E-state index contributed by atoms with van der Waals surface area (Å²) in [5.41, 5.74) is 1.19. The maximum absolute atomic E-state index is 9.79. The molecule has 2 heterocycles. The molecule has 1 fully saturated rings. The maximum Gasteiger partial charge on any atom is 0.224 e. The molecule has 2 aromatic rings. The molecule has 0 spiro atoms. The fourth-order valence-electron chi connectivity index (χ4n) is 2.65. The fourth-order valence-corrected chi connectivity index (χ4v) is 2.65. The first-order valence-electron chi connectivity index (χ1n) is 7.98. The van der Waals surface area contributed by atoms with Crippen molar-refractivity contribution in [1.29, 1.82) is 5.26 Å². The highest BCUT2D eigenvalue weighted by Crippen LogP contribution is 2.18. The summed E-state index contributed by atoms with van der Waals surface area (Å²) in [6.45, 7) is 3.20. The molecule has 0 aliphatic carbocycles. The first-order valence-corrected chi connectivity index (χ1v) is 7.98. The highest BCUT2D eigenvalue weighted by molar-refractivity contribution is 5.53. The number of anilines is 2. The third-order valence-electron chi connectivity index (χ3n) is 4.06. The number of phenolic OH excluding ortho intramolecular Hbond substituents is 1. The molecule has 0 bridgehead atoms. The van der Waals surface area contributed by atoms with Crippen molar-refractivity contribution >= 4 is 11.8 Å². The van der Waals surface area contributed by atoms with E-state index < -0.39 is 0 Å². The number of rotatable bonds is 6. The van der Waals surface area contributed by atoms with E-state index >= 15 is 0 Å². The van der Waals surface area contributed by atoms with Gasteiger partial charge in [0.05, 0.1) is 6.20 Å². The number of hydrogen-bond donors (Lipinski definition) is 4. The molecule has 0 saturated carbocycles. The lowest BCUT2D eigenvalue weighted by atomic mass is 10.1. The minimum Gasteiger partial charge on any atom is -0.508 e. The van der Waals surface area contributed by atoms with Crippen LogP contribution in [-0.2, 0) is 6.54 Å². The summed E-state index contributed by atoms with van der Waals surface area (Å²) >= 11 is 0. The van der Waals surface area contributed by atoms with Crippen molar-refractivity contribution in [2.45, 2.75) is 13.0 Å². The SMILES string of the molecule is N#Cc1cnc(NCc2ccccc2O)nc1NCC1CCNC1. The van der Waals surface area contributed by atoms with Gasteiger partial charge in [-0.15, -0.1) is 0 Å². The second kappa shape index (κ2) is 7.62. The summed E-state index contributed by atoms with van der Waals surface area (Å²) in [7, 11) is 0. The van der Waals surface area contributed by atoms with E-state index in [1.54, 1.807) is 12.1 Å². The Morgan fingerprint density at radius 2 is 2.21 bits per heavy atom. The minimum absolute atomic E-state index is 0.228. The Bertz CT molecular complexity index is 736. The largest absolute Gasteiger partial charge is 0.508 e. The van der Waals surface area contributed by atoms with Crippen molar-refractivity contribution in [3.63, 3.8) is 0 Å². The number of phenols is 1. The summed E-state index contributed by atoms with van der Waals surface area (Å²) < 4.78 is 0. The van der Waals surface area contributed by atoms with Crippen LogP contribution in [-0.4, -0.2) is 34.7 Å². The number of aromatic hydroxyl groups is 1. The van der Waals surface area contributed by atoms with Crippen molar-refractivity contribution in [3.05, 3.63) is 41.6 Å². The van der Waals surface area contributed by atoms with Crippen LogP contribution in [0.1, 0.15) is 17.5 Å². The second-order valence-electron chi connectivity index (χ2n) is 5.79. The predicted molar refractivity (Wildman–Crippen MR) is 91.6 cm³/mol. The molecule has 124 valence electrons. The maximum atomic E-state index is 9.79. The zero-order valence-electron chi connectivity index (χ0n) is 13.3. The van der Waals surface area contributed by atoms with Crippen molar-refractivity contribution in [2.24, 2.45) is 5.92 Å². The number of nitrogens with zero attached hydrogens (tertiary/aromatic N) is 3. The zero-order valence-corrected chi connectivity index (χ0v) is 13.3. The molecular weight excluding hydrogens is 304 g/mol. The van der Waals surface area contributed by atoms with E-state index in [9.17, 15) is 10.4 Å². The van der Waals surface area contributed by atoms with E-state index in [4.69, 9.17) is 0 Å². The number of benzene rings is 1. The van der Waals surface area contributed by atoms with Crippen LogP contribution in [0.4, 0.5) is 11.8 Å². The first-order chi connectivity index (χ1) is 11.8. The third kappa shape index (κ3) is 3.91. The van der Waals surface area contributed by atoms with Gasteiger partial charge in [0.2, 0.25) is 5.95 Å². The number of hydrogen-bond acceptors (Lipinski definition) is 7. The summed E-state index contributed by atoms with van der Waals surface area (Å²) in [6.07, 6.45) is 2.63. The van der Waals surface area contributed by atoms with Gasteiger partial charge in [-0.2, -0.15) is 10.2 Å². The van der Waals surface area contributed by atoms with Gasteiger partial charge in [0.1, 0.15) is 23.2 Å². The molecule has 1 aliphatic rings. The third-order valence-corrected chi connectivity index (χ3v) is 4.06. The predicted octanol–water partition coefficient (Wildman–Crippen LogP) is 1.69. The molecule has 1 atom stereocenters. The van der Waals surface area contributed by atoms with Gasteiger partial charge in [-0.3, -0.25) is 0 Å². The standard InChI is InChI=1S/C17H20N6O/c18-7-14-11-22-17(21-10-13-3-1-2-4-15(13)24)23-16(14)20-9-12-5-6-19-8-12/h1-4,11-12,19,24H,5-6,8-10H2,(H2,20,21,22,23). The number of nitriles is 1. The van der Waals surface area contributed by atoms with Crippen LogP contribution >= 0.6 is 0 Å². The molecule has 24 heavy (non-hydrogen) atoms. The Kier molecular flexibility index (Phi) is 5.08. The Labute approximate surface area is 140 Å². The Hall–Kier alpha value is -2.85. The highest BCUT2D eigenvalue weighted by Gasteiger charge is 2.15. The first kappa shape index (κ1) is 16.0. The fraction of sp³-hybridized carbons (Fsp3) is 0.353. The highest BCUT2D eigenvalue weighted by atomic mass is 16.3. The molecule has 7 nitrogen and oxygen atoms in total. The zero-order chi connectivity index (χ0) is 16.8. The Morgan fingerprint density at radius 1 is 1.33 bits per heavy atom. The monoisotopic (exact) mass is 324 g/mol. The van der Waals surface area contributed by atoms with Crippen molar-refractivity contribution in [2.75, 3.05) is 30.3 Å². The molecule has 1 aromatic carbocycles. The molecule has 1 aliphatic heterocycles. The van der Waals surface area contributed by atoms with Gasteiger partial charge in [-0.05, 0) is 31.5 Å². The van der Waals surface area contributed by atoms with Crippen LogP contribution in [0, 0.1) is 17.2 Å². The average Bonchev–Trinajstić information content (AvgIpc) is 3.13. The molecule has 0 radical (unpaired) electrons. The topological polar surface area (TPSA) is 106 Å². The van der Waals surface area contributed by atoms with E-state index in [0.29, 0.717) is 29.8 Å². The Balaban J connectivity index is 1.66. The van der Waals surface area contributed by atoms with E-state index in [-0.39, 0.29) is 5.75 Å². The van der Waals surface area contributed by atoms with E-state index in [0.717, 1.165) is 31.6 Å². The summed E-state index contributed by atoms with van der Waals surface area (Å²) in [6, 6.07) is 9.21. The van der Waals surface area contributed by atoms with Gasteiger partial charge < -0.3 is 21.1 Å². The van der Waals surface area contributed by atoms with Crippen molar-refractivity contribution in [1.82, 2.24) is 15.3 Å². The summed E-state index contributed by atoms with van der Waals surface area (Å²) in [4.78, 5) is 8.55. The van der Waals surface area contributed by atoms with Crippen LogP contribution in [0.5, 0.6) is 5.75 Å². The number of nitrogens with one attached hydrogen (secondary N) is 3. The van der Waals surface area contributed by atoms with Gasteiger partial charge in [-0.1, -0.05) is 18.2 Å². The number of para-hydroxylation sites is 1. The lowest BCUT2D eigenvalue weighted by molar-refractivity contribution is 0.469. The smallest absolute Gasteiger partial charge is 0.224 e. The van der Waals surface area contributed by atoms with Gasteiger partial charge in [-0.25, -0.2) is 4.98 Å². The molecule has 4 N–H and O–H groups in total. The molecular formula is C17H20N6O. The van der Waals surface area contributed by atoms with Gasteiger partial charge in [0, 0.05) is 18.7 Å². The quantitative estimate of drug-likeness (QED) is 0.640. The molecule has 7 heteroatoms. The van der Waals surface area contributed by atoms with Gasteiger partial charge >= 0.3 is 0 Å². The molecule has 1 saturated heterocycles. The lowest BCUT2D eigenvalue weighted by Crippen LogP contribution is -2.18. The molecule has 3 rings (SSSR count). The summed E-state index contributed by atoms with van der Waals surface area (Å²) in [5.74, 6) is 1.73. The summed E-state index contributed by atoms with van der Waals surface area (Å²) in [5, 5.41) is 28.6. The average molecular weight is 324 g/mol. The van der Waals surface area contributed by atoms with Crippen molar-refractivity contribution < 1.29 is 5.11 Å². The van der Waals surface area contributed by atoms with Crippen LogP contribution < -0.4 is 16.0 Å².